The van der Waals surface area contributed by atoms with Gasteiger partial charge in [0.15, 0.2) is 5.11 Å². The van der Waals surface area contributed by atoms with Gasteiger partial charge in [0.1, 0.15) is 0 Å². The Morgan fingerprint density at radius 2 is 2.00 bits per heavy atom. The monoisotopic (exact) mass is 417 g/mol. The summed E-state index contributed by atoms with van der Waals surface area (Å²) in [7, 11) is 1.38. The van der Waals surface area contributed by atoms with E-state index in [1.165, 1.54) is 17.6 Å². The van der Waals surface area contributed by atoms with E-state index in [0.717, 1.165) is 5.56 Å². The molecule has 0 bridgehead atoms. The van der Waals surface area contributed by atoms with E-state index >= 15 is 0 Å². The van der Waals surface area contributed by atoms with Gasteiger partial charge in [0.2, 0.25) is 11.8 Å². The molecule has 1 aliphatic carbocycles. The minimum absolute atomic E-state index is 0.0617. The molecule has 1 aromatic rings. The largest absolute Gasteiger partial charge is 0.469 e. The number of methoxy groups -OCH3 is 1. The van der Waals surface area contributed by atoms with Crippen LogP contribution in [0.15, 0.2) is 24.3 Å². The van der Waals surface area contributed by atoms with Crippen molar-refractivity contribution in [2.75, 3.05) is 13.7 Å². The third kappa shape index (κ3) is 5.12. The van der Waals surface area contributed by atoms with E-state index in [0.29, 0.717) is 30.9 Å². The lowest BCUT2D eigenvalue weighted by molar-refractivity contribution is -0.149. The van der Waals surface area contributed by atoms with Crippen molar-refractivity contribution in [1.29, 1.82) is 0 Å². The average molecular weight is 418 g/mol. The molecular weight excluding hydrogens is 390 g/mol. The van der Waals surface area contributed by atoms with Gasteiger partial charge in [0, 0.05) is 25.6 Å². The Balaban J connectivity index is 1.49. The van der Waals surface area contributed by atoms with Gasteiger partial charge in [0.25, 0.3) is 0 Å². The molecule has 3 rings (SSSR count). The van der Waals surface area contributed by atoms with Crippen molar-refractivity contribution in [2.24, 2.45) is 11.8 Å². The number of amides is 2. The standard InChI is InChI=1S/C21H27N3O4S/c1-13-3-5-14(6-4-13)12-22-18(25)9-10-24-19(26)16-8-7-15(20(27)28-2)11-17(16)23-21(24)29/h3-6,15-17H,7-12H2,1-2H3,(H,22,25)(H,23,29). The van der Waals surface area contributed by atoms with Crippen LogP contribution in [0.1, 0.15) is 36.8 Å². The summed E-state index contributed by atoms with van der Waals surface area (Å²) >= 11 is 5.36. The lowest BCUT2D eigenvalue weighted by atomic mass is 9.76. The van der Waals surface area contributed by atoms with Gasteiger partial charge in [-0.15, -0.1) is 0 Å². The Hall–Kier alpha value is -2.48. The van der Waals surface area contributed by atoms with Gasteiger partial charge in [-0.1, -0.05) is 29.8 Å². The number of nitrogens with one attached hydrogen (secondary N) is 2. The minimum atomic E-state index is -0.240. The fourth-order valence-corrected chi connectivity index (χ4v) is 4.30. The van der Waals surface area contributed by atoms with E-state index in [1.54, 1.807) is 0 Å². The summed E-state index contributed by atoms with van der Waals surface area (Å²) in [6.45, 7) is 2.71. The first-order valence-electron chi connectivity index (χ1n) is 9.91. The Kier molecular flexibility index (Phi) is 6.84. The molecule has 1 saturated carbocycles. The number of thiocarbonyl (C=S) groups is 1. The molecule has 2 fully saturated rings. The molecule has 29 heavy (non-hydrogen) atoms. The molecule has 3 unspecified atom stereocenters. The second kappa shape index (κ2) is 9.35. The topological polar surface area (TPSA) is 87.7 Å². The average Bonchev–Trinajstić information content (AvgIpc) is 2.72. The van der Waals surface area contributed by atoms with Crippen LogP contribution in [0.2, 0.25) is 0 Å². The van der Waals surface area contributed by atoms with Gasteiger partial charge in [-0.2, -0.15) is 0 Å². The number of hydrogen-bond donors (Lipinski definition) is 2. The van der Waals surface area contributed by atoms with Gasteiger partial charge >= 0.3 is 5.97 Å². The zero-order valence-corrected chi connectivity index (χ0v) is 17.6. The van der Waals surface area contributed by atoms with Crippen molar-refractivity contribution in [3.8, 4) is 0 Å². The van der Waals surface area contributed by atoms with Gasteiger partial charge in [-0.3, -0.25) is 19.3 Å². The predicted octanol–water partition coefficient (Wildman–Crippen LogP) is 1.68. The fraction of sp³-hybridized carbons (Fsp3) is 0.524. The van der Waals surface area contributed by atoms with Gasteiger partial charge < -0.3 is 15.4 Å². The number of hydrogen-bond acceptors (Lipinski definition) is 5. The smallest absolute Gasteiger partial charge is 0.308 e. The quantitative estimate of drug-likeness (QED) is 0.541. The maximum absolute atomic E-state index is 12.9. The van der Waals surface area contributed by atoms with Crippen LogP contribution in [-0.4, -0.2) is 47.5 Å². The Morgan fingerprint density at radius 3 is 2.69 bits per heavy atom. The summed E-state index contributed by atoms with van der Waals surface area (Å²) in [5, 5.41) is 6.40. The van der Waals surface area contributed by atoms with Crippen molar-refractivity contribution in [2.45, 2.75) is 45.2 Å². The number of esters is 1. The highest BCUT2D eigenvalue weighted by atomic mass is 32.1. The van der Waals surface area contributed by atoms with Crippen LogP contribution >= 0.6 is 12.2 Å². The Bertz CT molecular complexity index is 796. The maximum Gasteiger partial charge on any atom is 0.308 e. The van der Waals surface area contributed by atoms with Crippen LogP contribution < -0.4 is 10.6 Å². The SMILES string of the molecule is COC(=O)C1CCC2C(=O)N(CCC(=O)NCc3ccc(C)cc3)C(=S)NC2C1. The van der Waals surface area contributed by atoms with Crippen LogP contribution in [0, 0.1) is 18.8 Å². The Labute approximate surface area is 176 Å². The molecule has 1 aromatic carbocycles. The van der Waals surface area contributed by atoms with Crippen molar-refractivity contribution in [1.82, 2.24) is 15.5 Å². The zero-order chi connectivity index (χ0) is 21.0. The molecule has 0 aromatic heterocycles. The molecule has 0 radical (unpaired) electrons. The molecule has 8 heteroatoms. The van der Waals surface area contributed by atoms with Crippen molar-refractivity contribution < 1.29 is 19.1 Å². The van der Waals surface area contributed by atoms with E-state index in [-0.39, 0.29) is 48.6 Å². The highest BCUT2D eigenvalue weighted by Crippen LogP contribution is 2.33. The molecule has 0 spiro atoms. The molecule has 1 saturated heterocycles. The molecule has 156 valence electrons. The maximum atomic E-state index is 12.9. The van der Waals surface area contributed by atoms with Crippen molar-refractivity contribution in [3.05, 3.63) is 35.4 Å². The van der Waals surface area contributed by atoms with Crippen LogP contribution in [0.5, 0.6) is 0 Å². The summed E-state index contributed by atoms with van der Waals surface area (Å²) in [5.74, 6) is -0.857. The Morgan fingerprint density at radius 1 is 1.28 bits per heavy atom. The molecule has 3 atom stereocenters. The highest BCUT2D eigenvalue weighted by Gasteiger charge is 2.44. The van der Waals surface area contributed by atoms with E-state index in [4.69, 9.17) is 17.0 Å². The molecule has 7 nitrogen and oxygen atoms in total. The normalized spacial score (nSPS) is 23.8. The van der Waals surface area contributed by atoms with Gasteiger partial charge in [-0.25, -0.2) is 0 Å². The third-order valence-electron chi connectivity index (χ3n) is 5.69. The summed E-state index contributed by atoms with van der Waals surface area (Å²) in [5.41, 5.74) is 2.20. The van der Waals surface area contributed by atoms with Gasteiger partial charge in [-0.05, 0) is 44.0 Å². The second-order valence-corrected chi connectivity index (χ2v) is 8.08. The number of fused-ring (bicyclic) bond motifs is 1. The van der Waals surface area contributed by atoms with E-state index in [9.17, 15) is 14.4 Å². The van der Waals surface area contributed by atoms with Crippen molar-refractivity contribution >= 4 is 35.1 Å². The van der Waals surface area contributed by atoms with E-state index in [1.807, 2.05) is 31.2 Å². The minimum Gasteiger partial charge on any atom is -0.469 e. The fourth-order valence-electron chi connectivity index (χ4n) is 3.96. The number of benzene rings is 1. The number of rotatable bonds is 6. The van der Waals surface area contributed by atoms with Crippen LogP contribution in [0.3, 0.4) is 0 Å². The molecular formula is C21H27N3O4S. The van der Waals surface area contributed by atoms with Crippen molar-refractivity contribution in [3.63, 3.8) is 0 Å². The van der Waals surface area contributed by atoms with Crippen LogP contribution in [-0.2, 0) is 25.7 Å². The molecule has 2 aliphatic rings. The number of ether oxygens (including phenoxy) is 1. The lowest BCUT2D eigenvalue weighted by Gasteiger charge is -2.43. The van der Waals surface area contributed by atoms with E-state index < -0.39 is 0 Å². The molecule has 1 heterocycles. The first-order chi connectivity index (χ1) is 13.9. The first kappa shape index (κ1) is 21.2. The zero-order valence-electron chi connectivity index (χ0n) is 16.8. The number of aryl methyl sites for hydroxylation is 1. The number of carbonyl (C=O) groups excluding carboxylic acids is 3. The number of nitrogens with zero attached hydrogens (tertiary/aromatic N) is 1. The van der Waals surface area contributed by atoms with Gasteiger partial charge in [0.05, 0.1) is 18.9 Å². The number of carbonyl (C=O) groups is 3. The second-order valence-electron chi connectivity index (χ2n) is 7.70. The summed E-state index contributed by atoms with van der Waals surface area (Å²) in [6.07, 6.45) is 1.95. The lowest BCUT2D eigenvalue weighted by Crippen LogP contribution is -2.62. The predicted molar refractivity (Wildman–Crippen MR) is 112 cm³/mol. The molecule has 1 aliphatic heterocycles. The molecule has 2 amide bonds. The summed E-state index contributed by atoms with van der Waals surface area (Å²) in [6, 6.07) is 7.81. The molecule has 2 N–H and O–H groups in total. The first-order valence-corrected chi connectivity index (χ1v) is 10.3. The summed E-state index contributed by atoms with van der Waals surface area (Å²) in [4.78, 5) is 38.4. The summed E-state index contributed by atoms with van der Waals surface area (Å²) < 4.78 is 4.83. The van der Waals surface area contributed by atoms with E-state index in [2.05, 4.69) is 10.6 Å². The highest BCUT2D eigenvalue weighted by molar-refractivity contribution is 7.80. The van der Waals surface area contributed by atoms with Crippen LogP contribution in [0.4, 0.5) is 0 Å². The van der Waals surface area contributed by atoms with Crippen LogP contribution in [0.25, 0.3) is 0 Å². The third-order valence-corrected chi connectivity index (χ3v) is 6.03.